The number of nitrogens with two attached hydrogens (primary N) is 1. The third-order valence-electron chi connectivity index (χ3n) is 3.65. The quantitative estimate of drug-likeness (QED) is 0.849. The zero-order valence-electron chi connectivity index (χ0n) is 11.7. The molecule has 21 heavy (non-hydrogen) atoms. The van der Waals surface area contributed by atoms with E-state index in [2.05, 4.69) is 0 Å². The summed E-state index contributed by atoms with van der Waals surface area (Å²) in [6, 6.07) is 3.22. The predicted octanol–water partition coefficient (Wildman–Crippen LogP) is 0.0719. The molecule has 7 nitrogen and oxygen atoms in total. The molecular weight excluding hydrogens is 296 g/mol. The second-order valence-electron chi connectivity index (χ2n) is 5.06. The van der Waals surface area contributed by atoms with Gasteiger partial charge in [0.2, 0.25) is 16.8 Å². The van der Waals surface area contributed by atoms with Gasteiger partial charge in [-0.2, -0.15) is 4.31 Å². The lowest BCUT2D eigenvalue weighted by Crippen LogP contribution is -2.48. The van der Waals surface area contributed by atoms with Crippen LogP contribution in [0.2, 0.25) is 0 Å². The van der Waals surface area contributed by atoms with Crippen LogP contribution in [0.5, 0.6) is 11.5 Å². The van der Waals surface area contributed by atoms with Crippen molar-refractivity contribution in [3.05, 3.63) is 17.7 Å². The molecule has 0 radical (unpaired) electrons. The topological polar surface area (TPSA) is 91.1 Å². The molecule has 1 unspecified atom stereocenters. The van der Waals surface area contributed by atoms with Crippen molar-refractivity contribution in [3.63, 3.8) is 0 Å². The van der Waals surface area contributed by atoms with E-state index >= 15 is 0 Å². The number of benzene rings is 1. The van der Waals surface area contributed by atoms with E-state index in [1.54, 1.807) is 13.0 Å². The van der Waals surface area contributed by atoms with Crippen molar-refractivity contribution >= 4 is 10.0 Å². The van der Waals surface area contributed by atoms with Crippen LogP contribution < -0.4 is 15.2 Å². The maximum atomic E-state index is 12.8. The Hall–Kier alpha value is -1.35. The van der Waals surface area contributed by atoms with E-state index in [9.17, 15) is 8.42 Å². The van der Waals surface area contributed by atoms with Crippen LogP contribution in [0.15, 0.2) is 17.0 Å². The normalized spacial score (nSPS) is 22.5. The number of aryl methyl sites for hydroxylation is 1. The lowest BCUT2D eigenvalue weighted by atomic mass is 10.2. The van der Waals surface area contributed by atoms with Crippen molar-refractivity contribution in [1.82, 2.24) is 4.31 Å². The van der Waals surface area contributed by atoms with Gasteiger partial charge in [0.05, 0.1) is 17.6 Å². The highest BCUT2D eigenvalue weighted by Crippen LogP contribution is 2.37. The summed E-state index contributed by atoms with van der Waals surface area (Å²) in [5, 5.41) is 0. The molecule has 1 fully saturated rings. The molecular formula is C13H18N2O5S. The largest absolute Gasteiger partial charge is 0.454 e. The Balaban J connectivity index is 1.95. The SMILES string of the molecule is Cc1cc2c(cc1S(=O)(=O)N1CCOC(CN)C1)OCO2. The number of hydrogen-bond acceptors (Lipinski definition) is 6. The molecule has 0 saturated carbocycles. The Kier molecular flexibility index (Phi) is 3.78. The Labute approximate surface area is 123 Å². The first-order chi connectivity index (χ1) is 10.0. The summed E-state index contributed by atoms with van der Waals surface area (Å²) in [7, 11) is -3.60. The molecule has 0 bridgehead atoms. The molecule has 1 atom stereocenters. The number of rotatable bonds is 3. The Bertz CT molecular complexity index is 646. The Morgan fingerprint density at radius 2 is 2.05 bits per heavy atom. The maximum Gasteiger partial charge on any atom is 0.243 e. The van der Waals surface area contributed by atoms with Gasteiger partial charge in [-0.3, -0.25) is 0 Å². The van der Waals surface area contributed by atoms with Crippen LogP contribution in [0.1, 0.15) is 5.56 Å². The number of hydrogen-bond donors (Lipinski definition) is 1. The highest BCUT2D eigenvalue weighted by Gasteiger charge is 2.32. The summed E-state index contributed by atoms with van der Waals surface area (Å²) >= 11 is 0. The highest BCUT2D eigenvalue weighted by molar-refractivity contribution is 7.89. The first-order valence-corrected chi connectivity index (χ1v) is 8.18. The van der Waals surface area contributed by atoms with E-state index in [4.69, 9.17) is 19.9 Å². The van der Waals surface area contributed by atoms with Crippen molar-refractivity contribution in [2.24, 2.45) is 5.73 Å². The third kappa shape index (κ3) is 2.59. The minimum absolute atomic E-state index is 0.116. The van der Waals surface area contributed by atoms with Gasteiger partial charge in [0.25, 0.3) is 0 Å². The van der Waals surface area contributed by atoms with Crippen LogP contribution in [-0.2, 0) is 14.8 Å². The van der Waals surface area contributed by atoms with E-state index in [-0.39, 0.29) is 24.3 Å². The zero-order chi connectivity index (χ0) is 15.0. The van der Waals surface area contributed by atoms with Crippen LogP contribution in [0.25, 0.3) is 0 Å². The van der Waals surface area contributed by atoms with Gasteiger partial charge < -0.3 is 19.9 Å². The summed E-state index contributed by atoms with van der Waals surface area (Å²) in [6.45, 7) is 3.11. The molecule has 1 saturated heterocycles. The second-order valence-corrected chi connectivity index (χ2v) is 6.97. The van der Waals surface area contributed by atoms with Gasteiger partial charge in [-0.05, 0) is 18.6 Å². The molecule has 2 heterocycles. The fourth-order valence-electron chi connectivity index (χ4n) is 2.50. The predicted molar refractivity (Wildman–Crippen MR) is 74.9 cm³/mol. The van der Waals surface area contributed by atoms with Crippen molar-refractivity contribution in [3.8, 4) is 11.5 Å². The molecule has 1 aromatic carbocycles. The lowest BCUT2D eigenvalue weighted by molar-refractivity contribution is 0.00449. The van der Waals surface area contributed by atoms with Crippen LogP contribution >= 0.6 is 0 Å². The van der Waals surface area contributed by atoms with Crippen LogP contribution in [0, 0.1) is 6.92 Å². The van der Waals surface area contributed by atoms with Crippen LogP contribution in [0.3, 0.4) is 0 Å². The smallest absolute Gasteiger partial charge is 0.243 e. The first kappa shape index (κ1) is 14.6. The summed E-state index contributed by atoms with van der Waals surface area (Å²) in [4.78, 5) is 0.240. The van der Waals surface area contributed by atoms with Gasteiger partial charge in [0, 0.05) is 25.7 Å². The van der Waals surface area contributed by atoms with Gasteiger partial charge in [0.1, 0.15) is 0 Å². The molecule has 2 aliphatic heterocycles. The molecule has 8 heteroatoms. The highest BCUT2D eigenvalue weighted by atomic mass is 32.2. The van der Waals surface area contributed by atoms with Crippen molar-refractivity contribution in [1.29, 1.82) is 0 Å². The first-order valence-electron chi connectivity index (χ1n) is 6.74. The molecule has 1 aromatic rings. The molecule has 2 N–H and O–H groups in total. The number of ether oxygens (including phenoxy) is 3. The fraction of sp³-hybridized carbons (Fsp3) is 0.538. The van der Waals surface area contributed by atoms with E-state index < -0.39 is 10.0 Å². The van der Waals surface area contributed by atoms with E-state index in [0.717, 1.165) is 0 Å². The summed E-state index contributed by atoms with van der Waals surface area (Å²) in [5.74, 6) is 1.04. The number of nitrogens with zero attached hydrogens (tertiary/aromatic N) is 1. The average molecular weight is 314 g/mol. The third-order valence-corrected chi connectivity index (χ3v) is 5.66. The van der Waals surface area contributed by atoms with Crippen LogP contribution in [0.4, 0.5) is 0 Å². The average Bonchev–Trinajstić information content (AvgIpc) is 2.93. The van der Waals surface area contributed by atoms with Crippen molar-refractivity contribution in [2.75, 3.05) is 33.0 Å². The number of sulfonamides is 1. The Morgan fingerprint density at radius 3 is 2.76 bits per heavy atom. The van der Waals surface area contributed by atoms with Gasteiger partial charge in [-0.1, -0.05) is 0 Å². The van der Waals surface area contributed by atoms with Crippen LogP contribution in [-0.4, -0.2) is 51.9 Å². The fourth-order valence-corrected chi connectivity index (χ4v) is 4.17. The standard InChI is InChI=1S/C13H18N2O5S/c1-9-4-11-12(20-8-19-11)5-13(9)21(16,17)15-2-3-18-10(6-14)7-15/h4-5,10H,2-3,6-8,14H2,1H3. The maximum absolute atomic E-state index is 12.8. The zero-order valence-corrected chi connectivity index (χ0v) is 12.6. The van der Waals surface area contributed by atoms with E-state index in [0.29, 0.717) is 36.8 Å². The minimum atomic E-state index is -3.60. The van der Waals surface area contributed by atoms with E-state index in [1.165, 1.54) is 10.4 Å². The molecule has 3 rings (SSSR count). The molecule has 0 aromatic heterocycles. The molecule has 0 amide bonds. The van der Waals surface area contributed by atoms with Gasteiger partial charge in [-0.15, -0.1) is 0 Å². The minimum Gasteiger partial charge on any atom is -0.454 e. The molecule has 0 spiro atoms. The van der Waals surface area contributed by atoms with Gasteiger partial charge in [-0.25, -0.2) is 8.42 Å². The number of fused-ring (bicyclic) bond motifs is 1. The van der Waals surface area contributed by atoms with E-state index in [1.807, 2.05) is 0 Å². The van der Waals surface area contributed by atoms with Gasteiger partial charge in [0.15, 0.2) is 11.5 Å². The monoisotopic (exact) mass is 314 g/mol. The Morgan fingerprint density at radius 1 is 1.33 bits per heavy atom. The summed E-state index contributed by atoms with van der Waals surface area (Å²) in [5.41, 5.74) is 6.20. The van der Waals surface area contributed by atoms with Crippen molar-refractivity contribution < 1.29 is 22.6 Å². The summed E-state index contributed by atoms with van der Waals surface area (Å²) < 4.78 is 43.0. The lowest BCUT2D eigenvalue weighted by Gasteiger charge is -2.31. The number of morpholine rings is 1. The summed E-state index contributed by atoms with van der Waals surface area (Å²) in [6.07, 6.45) is -0.261. The van der Waals surface area contributed by atoms with Gasteiger partial charge >= 0.3 is 0 Å². The molecule has 116 valence electrons. The molecule has 0 aliphatic carbocycles. The van der Waals surface area contributed by atoms with Crippen molar-refractivity contribution in [2.45, 2.75) is 17.9 Å². The second kappa shape index (κ2) is 5.45. The molecule has 2 aliphatic rings.